The molecule has 0 unspecified atom stereocenters. The van der Waals surface area contributed by atoms with Gasteiger partial charge < -0.3 is 5.32 Å². The Hall–Kier alpha value is -2.41. The minimum Gasteiger partial charge on any atom is -0.370 e. The molecule has 202 valence electrons. The van der Waals surface area contributed by atoms with E-state index in [1.807, 2.05) is 12.1 Å². The summed E-state index contributed by atoms with van der Waals surface area (Å²) in [5.74, 6) is 0.886. The molecule has 1 aliphatic carbocycles. The van der Waals surface area contributed by atoms with Gasteiger partial charge in [-0.25, -0.2) is 13.4 Å². The van der Waals surface area contributed by atoms with E-state index < -0.39 is 21.8 Å². The maximum absolute atomic E-state index is 13.1. The Balaban J connectivity index is 1.28. The van der Waals surface area contributed by atoms with Gasteiger partial charge in [0.1, 0.15) is 5.82 Å². The Bertz CT molecular complexity index is 1530. The minimum absolute atomic E-state index is 0.158. The molecule has 2 aromatic heterocycles. The SMILES string of the molecule is O=S(=O)(c1cccc(C(F)(F)F)c1)N1CCC(CNc2cc(C3=C(Cl)CCC=C3)nc3c(Br)cnn23)CC1. The Morgan fingerprint density at radius 1 is 1.18 bits per heavy atom. The van der Waals surface area contributed by atoms with Gasteiger partial charge in [0.25, 0.3) is 0 Å². The summed E-state index contributed by atoms with van der Waals surface area (Å²) in [5, 5.41) is 8.58. The third-order valence-corrected chi connectivity index (χ3v) is 9.60. The number of fused-ring (bicyclic) bond motifs is 1. The van der Waals surface area contributed by atoms with E-state index in [0.717, 1.165) is 51.6 Å². The van der Waals surface area contributed by atoms with Gasteiger partial charge >= 0.3 is 6.18 Å². The molecule has 0 atom stereocenters. The zero-order valence-corrected chi connectivity index (χ0v) is 23.2. The first-order valence-corrected chi connectivity index (χ1v) is 14.7. The number of hydrogen-bond donors (Lipinski definition) is 1. The first-order chi connectivity index (χ1) is 18.0. The fraction of sp³-hybridized carbons (Fsp3) is 0.360. The maximum atomic E-state index is 13.1. The normalized spacial score (nSPS) is 17.9. The summed E-state index contributed by atoms with van der Waals surface area (Å²) in [6.07, 6.45) is 3.86. The van der Waals surface area contributed by atoms with Crippen LogP contribution in [0.4, 0.5) is 19.0 Å². The molecule has 3 aromatic rings. The van der Waals surface area contributed by atoms with E-state index in [2.05, 4.69) is 32.4 Å². The number of piperidine rings is 1. The third kappa shape index (κ3) is 5.49. The van der Waals surface area contributed by atoms with Crippen LogP contribution < -0.4 is 5.32 Å². The Morgan fingerprint density at radius 2 is 1.95 bits per heavy atom. The molecule has 1 N–H and O–H groups in total. The van der Waals surface area contributed by atoms with Gasteiger partial charge in [0.05, 0.1) is 26.8 Å². The number of nitrogens with zero attached hydrogens (tertiary/aromatic N) is 4. The molecular formula is C25H24BrClF3N5O2S. The van der Waals surface area contributed by atoms with Crippen molar-refractivity contribution in [2.75, 3.05) is 25.0 Å². The van der Waals surface area contributed by atoms with Gasteiger partial charge in [-0.15, -0.1) is 0 Å². The van der Waals surface area contributed by atoms with E-state index in [0.29, 0.717) is 31.1 Å². The highest BCUT2D eigenvalue weighted by molar-refractivity contribution is 9.10. The maximum Gasteiger partial charge on any atom is 0.416 e. The van der Waals surface area contributed by atoms with Crippen LogP contribution in [0.5, 0.6) is 0 Å². The average Bonchev–Trinajstić information content (AvgIpc) is 3.28. The summed E-state index contributed by atoms with van der Waals surface area (Å²) >= 11 is 9.98. The number of sulfonamides is 1. The number of halogens is 5. The molecule has 3 heterocycles. The van der Waals surface area contributed by atoms with Gasteiger partial charge in [-0.1, -0.05) is 29.8 Å². The molecule has 13 heteroatoms. The molecular weight excluding hydrogens is 607 g/mol. The van der Waals surface area contributed by atoms with Crippen molar-refractivity contribution >= 4 is 54.6 Å². The molecule has 0 saturated carbocycles. The predicted octanol–water partition coefficient (Wildman–Crippen LogP) is 6.32. The van der Waals surface area contributed by atoms with E-state index in [1.165, 1.54) is 10.4 Å². The minimum atomic E-state index is -4.61. The van der Waals surface area contributed by atoms with Crippen molar-refractivity contribution in [2.45, 2.75) is 36.8 Å². The molecule has 1 fully saturated rings. The first-order valence-electron chi connectivity index (χ1n) is 12.0. The first kappa shape index (κ1) is 27.2. The molecule has 2 aliphatic rings. The van der Waals surface area contributed by atoms with Gasteiger partial charge in [-0.3, -0.25) is 0 Å². The number of rotatable bonds is 6. The van der Waals surface area contributed by atoms with Crippen LogP contribution in [0.25, 0.3) is 11.2 Å². The highest BCUT2D eigenvalue weighted by Gasteiger charge is 2.34. The van der Waals surface area contributed by atoms with Crippen LogP contribution in [0.15, 0.2) is 63.1 Å². The standard InChI is InChI=1S/C25H24BrClF3N5O2S/c26-20-15-32-35-23(13-22(33-24(20)35)19-6-1-2-7-21(19)27)31-14-16-8-10-34(11-9-16)38(36,37)18-5-3-4-17(12-18)25(28,29)30/h1,3-6,12-13,15-16,31H,2,7-11,14H2. The fourth-order valence-corrected chi connectivity index (χ4v) is 6.78. The molecule has 1 aliphatic heterocycles. The van der Waals surface area contributed by atoms with Gasteiger partial charge in [0, 0.05) is 36.3 Å². The number of benzene rings is 1. The van der Waals surface area contributed by atoms with E-state index in [-0.39, 0.29) is 23.9 Å². The second-order valence-electron chi connectivity index (χ2n) is 9.27. The zero-order valence-electron chi connectivity index (χ0n) is 20.0. The summed E-state index contributed by atoms with van der Waals surface area (Å²) < 4.78 is 69.0. The van der Waals surface area contributed by atoms with Crippen LogP contribution in [0.1, 0.15) is 36.9 Å². The van der Waals surface area contributed by atoms with Crippen molar-refractivity contribution < 1.29 is 21.6 Å². The predicted molar refractivity (Wildman–Crippen MR) is 143 cm³/mol. The monoisotopic (exact) mass is 629 g/mol. The van der Waals surface area contributed by atoms with Crippen LogP contribution in [-0.4, -0.2) is 47.0 Å². The zero-order chi connectivity index (χ0) is 27.1. The lowest BCUT2D eigenvalue weighted by molar-refractivity contribution is -0.137. The average molecular weight is 631 g/mol. The van der Waals surface area contributed by atoms with Crippen LogP contribution >= 0.6 is 27.5 Å². The Morgan fingerprint density at radius 3 is 2.66 bits per heavy atom. The number of nitrogens with one attached hydrogen (secondary N) is 1. The van der Waals surface area contributed by atoms with Gasteiger partial charge in [0.2, 0.25) is 10.0 Å². The topological polar surface area (TPSA) is 79.6 Å². The molecule has 1 aromatic carbocycles. The summed E-state index contributed by atoms with van der Waals surface area (Å²) in [7, 11) is -4.02. The summed E-state index contributed by atoms with van der Waals surface area (Å²) in [6, 6.07) is 5.78. The van der Waals surface area contributed by atoms with Crippen molar-refractivity contribution in [3.63, 3.8) is 0 Å². The second kappa shape index (κ2) is 10.6. The smallest absolute Gasteiger partial charge is 0.370 e. The molecule has 1 saturated heterocycles. The van der Waals surface area contributed by atoms with Crippen LogP contribution in [0.3, 0.4) is 0 Å². The molecule has 0 bridgehead atoms. The van der Waals surface area contributed by atoms with E-state index in [9.17, 15) is 21.6 Å². The van der Waals surface area contributed by atoms with E-state index in [1.54, 1.807) is 10.7 Å². The van der Waals surface area contributed by atoms with Crippen LogP contribution in [0, 0.1) is 5.92 Å². The summed E-state index contributed by atoms with van der Waals surface area (Å²) in [4.78, 5) is 4.38. The van der Waals surface area contributed by atoms with E-state index in [4.69, 9.17) is 16.6 Å². The third-order valence-electron chi connectivity index (χ3n) is 6.76. The quantitative estimate of drug-likeness (QED) is 0.345. The molecule has 5 rings (SSSR count). The molecule has 0 spiro atoms. The molecule has 0 radical (unpaired) electrons. The van der Waals surface area contributed by atoms with Crippen molar-refractivity contribution in [1.82, 2.24) is 18.9 Å². The highest BCUT2D eigenvalue weighted by atomic mass is 79.9. The fourth-order valence-electron chi connectivity index (χ4n) is 4.65. The molecule has 0 amide bonds. The number of anilines is 1. The Kier molecular flexibility index (Phi) is 7.60. The number of allylic oxidation sites excluding steroid dienone is 4. The van der Waals surface area contributed by atoms with Crippen molar-refractivity contribution in [3.8, 4) is 0 Å². The lowest BCUT2D eigenvalue weighted by Gasteiger charge is -2.31. The number of alkyl halides is 3. The lowest BCUT2D eigenvalue weighted by Crippen LogP contribution is -2.40. The van der Waals surface area contributed by atoms with Crippen molar-refractivity contribution in [1.29, 1.82) is 0 Å². The summed E-state index contributed by atoms with van der Waals surface area (Å²) in [6.45, 7) is 1.02. The Labute approximate surface area is 231 Å². The van der Waals surface area contributed by atoms with Gasteiger partial charge in [-0.2, -0.15) is 27.1 Å². The number of hydrogen-bond acceptors (Lipinski definition) is 5. The summed E-state index contributed by atoms with van der Waals surface area (Å²) in [5.41, 5.74) is 1.25. The van der Waals surface area contributed by atoms with Gasteiger partial charge in [0.15, 0.2) is 5.65 Å². The molecule has 7 nitrogen and oxygen atoms in total. The van der Waals surface area contributed by atoms with E-state index >= 15 is 0 Å². The number of aromatic nitrogens is 3. The van der Waals surface area contributed by atoms with Crippen molar-refractivity contribution in [3.05, 3.63) is 69.4 Å². The van der Waals surface area contributed by atoms with Gasteiger partial charge in [-0.05, 0) is 65.7 Å². The van der Waals surface area contributed by atoms with Crippen molar-refractivity contribution in [2.24, 2.45) is 5.92 Å². The second-order valence-corrected chi connectivity index (χ2v) is 12.5. The lowest BCUT2D eigenvalue weighted by atomic mass is 9.98. The molecule has 38 heavy (non-hydrogen) atoms. The highest BCUT2D eigenvalue weighted by Crippen LogP contribution is 2.33. The van der Waals surface area contributed by atoms with Crippen LogP contribution in [-0.2, 0) is 16.2 Å². The largest absolute Gasteiger partial charge is 0.416 e. The van der Waals surface area contributed by atoms with Crippen LogP contribution in [0.2, 0.25) is 0 Å².